The molecule has 1 N–H and O–H groups in total. The predicted octanol–water partition coefficient (Wildman–Crippen LogP) is 2.39. The normalized spacial score (nSPS) is 10.9. The van der Waals surface area contributed by atoms with E-state index in [0.29, 0.717) is 5.02 Å². The molecule has 1 amide bonds. The van der Waals surface area contributed by atoms with E-state index in [1.54, 1.807) is 12.1 Å². The maximum Gasteiger partial charge on any atom is 0.340 e. The first kappa shape index (κ1) is 19.7. The van der Waals surface area contributed by atoms with Gasteiger partial charge in [-0.15, -0.1) is 0 Å². The zero-order chi connectivity index (χ0) is 19.3. The van der Waals surface area contributed by atoms with Gasteiger partial charge in [0.1, 0.15) is 0 Å². The van der Waals surface area contributed by atoms with Crippen molar-refractivity contribution in [1.29, 1.82) is 0 Å². The number of ether oxygens (including phenoxy) is 1. The fourth-order valence-electron chi connectivity index (χ4n) is 1.90. The second-order valence-corrected chi connectivity index (χ2v) is 7.59. The summed E-state index contributed by atoms with van der Waals surface area (Å²) in [7, 11) is -0.858. The predicted molar refractivity (Wildman–Crippen MR) is 97.7 cm³/mol. The molecule has 2 aromatic carbocycles. The maximum absolute atomic E-state index is 12.5. The van der Waals surface area contributed by atoms with Crippen LogP contribution in [0.1, 0.15) is 10.4 Å². The molecule has 2 aromatic rings. The first-order chi connectivity index (χ1) is 12.2. The first-order valence-corrected chi connectivity index (χ1v) is 9.31. The largest absolute Gasteiger partial charge is 0.452 e. The highest BCUT2D eigenvalue weighted by molar-refractivity contribution is 7.92. The van der Waals surface area contributed by atoms with E-state index in [0.717, 1.165) is 0 Å². The van der Waals surface area contributed by atoms with Crippen molar-refractivity contribution in [2.45, 2.75) is 4.90 Å². The van der Waals surface area contributed by atoms with Crippen LogP contribution >= 0.6 is 11.6 Å². The summed E-state index contributed by atoms with van der Waals surface area (Å²) >= 11 is 5.76. The van der Waals surface area contributed by atoms with Gasteiger partial charge in [0.15, 0.2) is 6.61 Å². The molecule has 0 aromatic heterocycles. The van der Waals surface area contributed by atoms with E-state index < -0.39 is 28.5 Å². The number of likely N-dealkylation sites (N-methyl/N-ethyl adjacent to an activating group) is 1. The van der Waals surface area contributed by atoms with Gasteiger partial charge in [-0.2, -0.15) is 0 Å². The van der Waals surface area contributed by atoms with Gasteiger partial charge >= 0.3 is 5.97 Å². The molecule has 0 aliphatic rings. The molecule has 0 spiro atoms. The van der Waals surface area contributed by atoms with Crippen molar-refractivity contribution in [1.82, 2.24) is 4.90 Å². The van der Waals surface area contributed by atoms with Gasteiger partial charge in [0.05, 0.1) is 16.1 Å². The molecule has 26 heavy (non-hydrogen) atoms. The van der Waals surface area contributed by atoms with E-state index >= 15 is 0 Å². The molecular formula is C17H17ClN2O5S. The van der Waals surface area contributed by atoms with Crippen molar-refractivity contribution >= 4 is 39.2 Å². The number of para-hydroxylation sites is 1. The van der Waals surface area contributed by atoms with Gasteiger partial charge in [-0.05, 0) is 36.4 Å². The number of rotatable bonds is 6. The minimum absolute atomic E-state index is 0.00315. The zero-order valence-electron chi connectivity index (χ0n) is 14.1. The third kappa shape index (κ3) is 4.96. The monoisotopic (exact) mass is 396 g/mol. The number of benzene rings is 2. The Balaban J connectivity index is 2.22. The van der Waals surface area contributed by atoms with Gasteiger partial charge in [-0.25, -0.2) is 13.2 Å². The maximum atomic E-state index is 12.5. The number of carbonyl (C=O) groups excluding carboxylic acids is 2. The number of hydrogen-bond acceptors (Lipinski definition) is 5. The Morgan fingerprint density at radius 3 is 2.31 bits per heavy atom. The Labute approximate surface area is 156 Å². The molecule has 7 nitrogen and oxygen atoms in total. The highest BCUT2D eigenvalue weighted by Crippen LogP contribution is 2.22. The summed E-state index contributed by atoms with van der Waals surface area (Å²) in [5.74, 6) is -1.20. The summed E-state index contributed by atoms with van der Waals surface area (Å²) in [6.45, 7) is -0.440. The van der Waals surface area contributed by atoms with Crippen LogP contribution in [-0.4, -0.2) is 45.9 Å². The summed E-state index contributed by atoms with van der Waals surface area (Å²) in [4.78, 5) is 25.0. The topological polar surface area (TPSA) is 92.8 Å². The molecule has 138 valence electrons. The Kier molecular flexibility index (Phi) is 6.23. The molecule has 0 fully saturated rings. The van der Waals surface area contributed by atoms with Gasteiger partial charge in [0.25, 0.3) is 15.9 Å². The number of nitrogens with one attached hydrogen (secondary N) is 1. The molecule has 0 bridgehead atoms. The highest BCUT2D eigenvalue weighted by atomic mass is 35.5. The van der Waals surface area contributed by atoms with Crippen LogP contribution in [0.25, 0.3) is 0 Å². The average molecular weight is 397 g/mol. The molecule has 0 radical (unpaired) electrons. The average Bonchev–Trinajstić information content (AvgIpc) is 2.59. The lowest BCUT2D eigenvalue weighted by atomic mass is 10.2. The molecule has 0 heterocycles. The van der Waals surface area contributed by atoms with Crippen LogP contribution in [0.3, 0.4) is 0 Å². The standard InChI is InChI=1S/C17H17ClN2O5S/c1-20(2)16(21)11-25-17(22)14-5-3-4-6-15(14)19-26(23,24)13-9-7-12(18)8-10-13/h3-10,19H,11H2,1-2H3. The third-order valence-corrected chi connectivity index (χ3v) is 4.97. The van der Waals surface area contributed by atoms with E-state index in [4.69, 9.17) is 16.3 Å². The first-order valence-electron chi connectivity index (χ1n) is 7.45. The molecule has 9 heteroatoms. The molecule has 0 saturated carbocycles. The number of hydrogen-bond donors (Lipinski definition) is 1. The molecule has 0 unspecified atom stereocenters. The van der Waals surface area contributed by atoms with Crippen molar-refractivity contribution in [2.24, 2.45) is 0 Å². The van der Waals surface area contributed by atoms with Gasteiger partial charge in [0.2, 0.25) is 0 Å². The van der Waals surface area contributed by atoms with Gasteiger partial charge < -0.3 is 9.64 Å². The Bertz CT molecular complexity index is 911. The molecule has 0 aliphatic carbocycles. The quantitative estimate of drug-likeness (QED) is 0.757. The van der Waals surface area contributed by atoms with Crippen molar-refractivity contribution < 1.29 is 22.7 Å². The van der Waals surface area contributed by atoms with Crippen LogP contribution in [0.2, 0.25) is 5.02 Å². The van der Waals surface area contributed by atoms with E-state index in [1.807, 2.05) is 0 Å². The van der Waals surface area contributed by atoms with Crippen LogP contribution in [0.5, 0.6) is 0 Å². The van der Waals surface area contributed by atoms with E-state index in [2.05, 4.69) is 4.72 Å². The smallest absolute Gasteiger partial charge is 0.340 e. The fraction of sp³-hybridized carbons (Fsp3) is 0.176. The van der Waals surface area contributed by atoms with Crippen LogP contribution in [0.15, 0.2) is 53.4 Å². The molecule has 0 aliphatic heterocycles. The SMILES string of the molecule is CN(C)C(=O)COC(=O)c1ccccc1NS(=O)(=O)c1ccc(Cl)cc1. The van der Waals surface area contributed by atoms with E-state index in [1.165, 1.54) is 55.4 Å². The summed E-state index contributed by atoms with van der Waals surface area (Å²) in [5.41, 5.74) is 0.0429. The highest BCUT2D eigenvalue weighted by Gasteiger charge is 2.20. The number of esters is 1. The lowest BCUT2D eigenvalue weighted by molar-refractivity contribution is -0.131. The molecule has 0 saturated heterocycles. The van der Waals surface area contributed by atoms with Crippen molar-refractivity contribution in [3.8, 4) is 0 Å². The van der Waals surface area contributed by atoms with Crippen molar-refractivity contribution in [3.05, 3.63) is 59.1 Å². The summed E-state index contributed by atoms with van der Waals surface area (Å²) in [5, 5.41) is 0.401. The number of anilines is 1. The van der Waals surface area contributed by atoms with Crippen molar-refractivity contribution in [2.75, 3.05) is 25.4 Å². The molecule has 2 rings (SSSR count). The van der Waals surface area contributed by atoms with Gasteiger partial charge in [-0.1, -0.05) is 23.7 Å². The molecule has 0 atom stereocenters. The Hall–Kier alpha value is -2.58. The second-order valence-electron chi connectivity index (χ2n) is 5.47. The van der Waals surface area contributed by atoms with E-state index in [-0.39, 0.29) is 16.1 Å². The summed E-state index contributed by atoms with van der Waals surface area (Å²) in [6.07, 6.45) is 0. The number of sulfonamides is 1. The molecular weight excluding hydrogens is 380 g/mol. The van der Waals surface area contributed by atoms with Crippen molar-refractivity contribution in [3.63, 3.8) is 0 Å². The fourth-order valence-corrected chi connectivity index (χ4v) is 3.11. The Morgan fingerprint density at radius 1 is 1.08 bits per heavy atom. The number of nitrogens with zero attached hydrogens (tertiary/aromatic N) is 1. The Morgan fingerprint density at radius 2 is 1.69 bits per heavy atom. The van der Waals surface area contributed by atoms with E-state index in [9.17, 15) is 18.0 Å². The minimum atomic E-state index is -3.92. The van der Waals surface area contributed by atoms with Gasteiger partial charge in [-0.3, -0.25) is 9.52 Å². The second kappa shape index (κ2) is 8.20. The lowest BCUT2D eigenvalue weighted by Gasteiger charge is -2.13. The van der Waals surface area contributed by atoms with Gasteiger partial charge in [0, 0.05) is 19.1 Å². The lowest BCUT2D eigenvalue weighted by Crippen LogP contribution is -2.27. The number of halogens is 1. The third-order valence-electron chi connectivity index (χ3n) is 3.34. The van der Waals surface area contributed by atoms with Crippen LogP contribution in [0.4, 0.5) is 5.69 Å². The minimum Gasteiger partial charge on any atom is -0.452 e. The number of amides is 1. The van der Waals surface area contributed by atoms with Crippen LogP contribution in [-0.2, 0) is 19.6 Å². The summed E-state index contributed by atoms with van der Waals surface area (Å²) < 4.78 is 32.2. The zero-order valence-corrected chi connectivity index (χ0v) is 15.7. The van der Waals surface area contributed by atoms with Crippen LogP contribution < -0.4 is 4.72 Å². The van der Waals surface area contributed by atoms with Crippen LogP contribution in [0, 0.1) is 0 Å². The summed E-state index contributed by atoms with van der Waals surface area (Å²) in [6, 6.07) is 11.6. The number of carbonyl (C=O) groups is 2.